The second kappa shape index (κ2) is 5.09. The lowest BCUT2D eigenvalue weighted by Crippen LogP contribution is -2.00. The first-order valence-corrected chi connectivity index (χ1v) is 5.21. The van der Waals surface area contributed by atoms with Gasteiger partial charge in [-0.3, -0.25) is 9.78 Å². The number of carboxylic acids is 1. The van der Waals surface area contributed by atoms with Crippen molar-refractivity contribution in [2.45, 2.75) is 0 Å². The van der Waals surface area contributed by atoms with Gasteiger partial charge < -0.3 is 10.4 Å². The number of carbonyl (C=O) groups is 2. The van der Waals surface area contributed by atoms with Crippen molar-refractivity contribution in [3.8, 4) is 11.3 Å². The standard InChI is InChI=1S/C13H10N2O3/c16-8-15-11-4-2-1-3-10(11)12-7-9(13(17)18)5-6-14-12/h1-8H,(H,15,16)(H,17,18). The summed E-state index contributed by atoms with van der Waals surface area (Å²) in [5, 5.41) is 11.5. The van der Waals surface area contributed by atoms with Gasteiger partial charge in [0.15, 0.2) is 0 Å². The largest absolute Gasteiger partial charge is 0.478 e. The molecule has 0 spiro atoms. The number of para-hydroxylation sites is 1. The molecule has 0 fully saturated rings. The Morgan fingerprint density at radius 1 is 1.28 bits per heavy atom. The molecule has 1 aromatic carbocycles. The molecule has 2 aromatic rings. The number of carbonyl (C=O) groups excluding carboxylic acids is 1. The molecule has 1 amide bonds. The van der Waals surface area contributed by atoms with E-state index in [4.69, 9.17) is 5.11 Å². The van der Waals surface area contributed by atoms with Gasteiger partial charge in [-0.05, 0) is 18.2 Å². The van der Waals surface area contributed by atoms with E-state index in [9.17, 15) is 9.59 Å². The molecule has 90 valence electrons. The van der Waals surface area contributed by atoms with Crippen molar-refractivity contribution in [2.24, 2.45) is 0 Å². The van der Waals surface area contributed by atoms with E-state index in [2.05, 4.69) is 10.3 Å². The minimum absolute atomic E-state index is 0.154. The van der Waals surface area contributed by atoms with Gasteiger partial charge in [0.2, 0.25) is 6.41 Å². The molecule has 0 aliphatic heterocycles. The monoisotopic (exact) mass is 242 g/mol. The molecule has 1 aromatic heterocycles. The number of pyridine rings is 1. The lowest BCUT2D eigenvalue weighted by molar-refractivity contribution is -0.105. The Labute approximate surface area is 103 Å². The first-order valence-electron chi connectivity index (χ1n) is 5.21. The molecule has 0 bridgehead atoms. The fraction of sp³-hybridized carbons (Fsp3) is 0. The van der Waals surface area contributed by atoms with Gasteiger partial charge in [-0.15, -0.1) is 0 Å². The predicted octanol–water partition coefficient (Wildman–Crippen LogP) is 2.02. The van der Waals surface area contributed by atoms with Crippen molar-refractivity contribution >= 4 is 18.1 Å². The molecule has 5 nitrogen and oxygen atoms in total. The number of nitrogens with one attached hydrogen (secondary N) is 1. The van der Waals surface area contributed by atoms with Crippen molar-refractivity contribution in [1.82, 2.24) is 4.98 Å². The average molecular weight is 242 g/mol. The van der Waals surface area contributed by atoms with Crippen LogP contribution in [-0.4, -0.2) is 22.5 Å². The van der Waals surface area contributed by atoms with Gasteiger partial charge in [0.05, 0.1) is 11.3 Å². The van der Waals surface area contributed by atoms with E-state index in [1.165, 1.54) is 18.3 Å². The van der Waals surface area contributed by atoms with Crippen molar-refractivity contribution in [2.75, 3.05) is 5.32 Å². The van der Waals surface area contributed by atoms with Gasteiger partial charge in [-0.1, -0.05) is 18.2 Å². The quantitative estimate of drug-likeness (QED) is 0.804. The van der Waals surface area contributed by atoms with Gasteiger partial charge in [0, 0.05) is 17.4 Å². The first kappa shape index (κ1) is 11.8. The molecular formula is C13H10N2O3. The summed E-state index contributed by atoms with van der Waals surface area (Å²) in [5.41, 5.74) is 1.91. The van der Waals surface area contributed by atoms with E-state index in [1.54, 1.807) is 24.3 Å². The van der Waals surface area contributed by atoms with E-state index in [0.29, 0.717) is 23.4 Å². The van der Waals surface area contributed by atoms with Crippen molar-refractivity contribution in [3.63, 3.8) is 0 Å². The van der Waals surface area contributed by atoms with Crippen LogP contribution in [0, 0.1) is 0 Å². The number of amides is 1. The highest BCUT2D eigenvalue weighted by atomic mass is 16.4. The molecule has 2 rings (SSSR count). The van der Waals surface area contributed by atoms with Crippen LogP contribution in [0.4, 0.5) is 5.69 Å². The fourth-order valence-electron chi connectivity index (χ4n) is 1.61. The zero-order valence-corrected chi connectivity index (χ0v) is 9.33. The number of carboxylic acid groups (broad SMARTS) is 1. The molecule has 5 heteroatoms. The smallest absolute Gasteiger partial charge is 0.335 e. The normalized spacial score (nSPS) is 9.78. The van der Waals surface area contributed by atoms with Crippen LogP contribution >= 0.6 is 0 Å². The third-order valence-electron chi connectivity index (χ3n) is 2.42. The van der Waals surface area contributed by atoms with Crippen LogP contribution in [0.3, 0.4) is 0 Å². The lowest BCUT2D eigenvalue weighted by atomic mass is 10.1. The zero-order chi connectivity index (χ0) is 13.0. The molecule has 1 heterocycles. The van der Waals surface area contributed by atoms with Crippen molar-refractivity contribution in [3.05, 3.63) is 48.2 Å². The topological polar surface area (TPSA) is 79.3 Å². The van der Waals surface area contributed by atoms with E-state index in [1.807, 2.05) is 0 Å². The summed E-state index contributed by atoms with van der Waals surface area (Å²) in [6.07, 6.45) is 2.00. The second-order valence-corrected chi connectivity index (χ2v) is 3.54. The van der Waals surface area contributed by atoms with Crippen LogP contribution in [-0.2, 0) is 4.79 Å². The molecule has 0 aliphatic carbocycles. The summed E-state index contributed by atoms with van der Waals surface area (Å²) in [7, 11) is 0. The number of nitrogens with zero attached hydrogens (tertiary/aromatic N) is 1. The summed E-state index contributed by atoms with van der Waals surface area (Å²) in [4.78, 5) is 25.5. The number of anilines is 1. The Morgan fingerprint density at radius 3 is 2.78 bits per heavy atom. The number of aromatic carboxylic acids is 1. The van der Waals surface area contributed by atoms with Crippen LogP contribution in [0.1, 0.15) is 10.4 Å². The maximum Gasteiger partial charge on any atom is 0.335 e. The molecule has 2 N–H and O–H groups in total. The Morgan fingerprint density at radius 2 is 2.06 bits per heavy atom. The summed E-state index contributed by atoms with van der Waals surface area (Å²) in [5.74, 6) is -1.01. The maximum atomic E-state index is 10.9. The van der Waals surface area contributed by atoms with Crippen molar-refractivity contribution in [1.29, 1.82) is 0 Å². The number of hydrogen-bond acceptors (Lipinski definition) is 3. The molecule has 0 saturated carbocycles. The number of hydrogen-bond donors (Lipinski definition) is 2. The van der Waals surface area contributed by atoms with Crippen LogP contribution in [0.5, 0.6) is 0 Å². The zero-order valence-electron chi connectivity index (χ0n) is 9.33. The van der Waals surface area contributed by atoms with Gasteiger partial charge in [0.1, 0.15) is 0 Å². The third kappa shape index (κ3) is 2.35. The number of aromatic nitrogens is 1. The molecule has 0 atom stereocenters. The average Bonchev–Trinajstić information content (AvgIpc) is 2.40. The fourth-order valence-corrected chi connectivity index (χ4v) is 1.61. The molecule has 0 saturated heterocycles. The van der Waals surface area contributed by atoms with Gasteiger partial charge >= 0.3 is 5.97 Å². The minimum Gasteiger partial charge on any atom is -0.478 e. The van der Waals surface area contributed by atoms with Crippen LogP contribution < -0.4 is 5.32 Å². The Balaban J connectivity index is 2.51. The molecular weight excluding hydrogens is 232 g/mol. The Hall–Kier alpha value is -2.69. The van der Waals surface area contributed by atoms with Crippen LogP contribution in [0.25, 0.3) is 11.3 Å². The maximum absolute atomic E-state index is 10.9. The molecule has 0 aliphatic rings. The van der Waals surface area contributed by atoms with Crippen LogP contribution in [0.2, 0.25) is 0 Å². The highest BCUT2D eigenvalue weighted by molar-refractivity contribution is 5.90. The highest BCUT2D eigenvalue weighted by Crippen LogP contribution is 2.26. The third-order valence-corrected chi connectivity index (χ3v) is 2.42. The molecule has 0 radical (unpaired) electrons. The second-order valence-electron chi connectivity index (χ2n) is 3.54. The summed E-state index contributed by atoms with van der Waals surface area (Å²) in [6, 6.07) is 9.94. The summed E-state index contributed by atoms with van der Waals surface area (Å²) in [6.45, 7) is 0. The van der Waals surface area contributed by atoms with E-state index in [-0.39, 0.29) is 5.56 Å². The SMILES string of the molecule is O=CNc1ccccc1-c1cc(C(=O)O)ccn1. The van der Waals surface area contributed by atoms with Gasteiger partial charge in [-0.25, -0.2) is 4.79 Å². The molecule has 18 heavy (non-hydrogen) atoms. The molecule has 0 unspecified atom stereocenters. The first-order chi connectivity index (χ1) is 8.72. The van der Waals surface area contributed by atoms with E-state index in [0.717, 1.165) is 0 Å². The van der Waals surface area contributed by atoms with Gasteiger partial charge in [-0.2, -0.15) is 0 Å². The van der Waals surface area contributed by atoms with Gasteiger partial charge in [0.25, 0.3) is 0 Å². The van der Waals surface area contributed by atoms with E-state index >= 15 is 0 Å². The number of rotatable bonds is 4. The van der Waals surface area contributed by atoms with Crippen LogP contribution in [0.15, 0.2) is 42.6 Å². The summed E-state index contributed by atoms with van der Waals surface area (Å²) < 4.78 is 0. The Bertz CT molecular complexity index is 596. The van der Waals surface area contributed by atoms with Crippen molar-refractivity contribution < 1.29 is 14.7 Å². The van der Waals surface area contributed by atoms with E-state index < -0.39 is 5.97 Å². The summed E-state index contributed by atoms with van der Waals surface area (Å²) >= 11 is 0. The lowest BCUT2D eigenvalue weighted by Gasteiger charge is -2.07. The highest BCUT2D eigenvalue weighted by Gasteiger charge is 2.08. The number of benzene rings is 1. The predicted molar refractivity (Wildman–Crippen MR) is 66.3 cm³/mol. The Kier molecular flexibility index (Phi) is 3.33. The minimum atomic E-state index is -1.01.